The van der Waals surface area contributed by atoms with Crippen LogP contribution < -0.4 is 16.0 Å². The molecule has 0 atom stereocenters. The second-order valence-corrected chi connectivity index (χ2v) is 9.05. The number of nitrogens with one attached hydrogen (secondary N) is 3. The highest BCUT2D eigenvalue weighted by Crippen LogP contribution is 2.46. The van der Waals surface area contributed by atoms with Crippen LogP contribution in [0.25, 0.3) is 10.8 Å². The molecule has 4 aromatic rings. The summed E-state index contributed by atoms with van der Waals surface area (Å²) in [6, 6.07) is 21.5. The zero-order chi connectivity index (χ0) is 26.4. The van der Waals surface area contributed by atoms with E-state index >= 15 is 0 Å². The van der Waals surface area contributed by atoms with Crippen molar-refractivity contribution in [3.8, 4) is 11.8 Å². The van der Waals surface area contributed by atoms with Crippen molar-refractivity contribution >= 4 is 28.5 Å². The molecular formula is C30H25N5O3. The highest BCUT2D eigenvalue weighted by atomic mass is 16.2. The maximum Gasteiger partial charge on any atom is 0.310 e. The van der Waals surface area contributed by atoms with Crippen LogP contribution in [0, 0.1) is 11.8 Å². The summed E-state index contributed by atoms with van der Waals surface area (Å²) in [6.45, 7) is 0.0306. The van der Waals surface area contributed by atoms with Gasteiger partial charge in [-0.1, -0.05) is 66.4 Å². The largest absolute Gasteiger partial charge is 0.344 e. The Labute approximate surface area is 219 Å². The van der Waals surface area contributed by atoms with E-state index in [1.54, 1.807) is 36.7 Å². The molecule has 0 spiro atoms. The lowest BCUT2D eigenvalue weighted by Crippen LogP contribution is -2.40. The Kier molecular flexibility index (Phi) is 7.09. The number of amides is 3. The predicted octanol–water partition coefficient (Wildman–Crippen LogP) is 2.83. The molecule has 188 valence electrons. The van der Waals surface area contributed by atoms with Crippen molar-refractivity contribution in [2.45, 2.75) is 24.9 Å². The van der Waals surface area contributed by atoms with Crippen molar-refractivity contribution in [1.82, 2.24) is 25.9 Å². The smallest absolute Gasteiger partial charge is 0.310 e. The van der Waals surface area contributed by atoms with Gasteiger partial charge >= 0.3 is 11.8 Å². The number of rotatable bonds is 6. The van der Waals surface area contributed by atoms with Crippen molar-refractivity contribution in [2.24, 2.45) is 0 Å². The zero-order valence-corrected chi connectivity index (χ0v) is 20.5. The fourth-order valence-electron chi connectivity index (χ4n) is 4.25. The quantitative estimate of drug-likeness (QED) is 0.277. The molecule has 3 aromatic carbocycles. The molecule has 1 heterocycles. The maximum atomic E-state index is 13.3. The number of hydrogen-bond donors (Lipinski definition) is 3. The molecule has 1 saturated carbocycles. The van der Waals surface area contributed by atoms with Gasteiger partial charge in [-0.3, -0.25) is 14.4 Å². The van der Waals surface area contributed by atoms with Crippen molar-refractivity contribution in [1.29, 1.82) is 0 Å². The number of hydrogen-bond acceptors (Lipinski definition) is 5. The lowest BCUT2D eigenvalue weighted by Gasteiger charge is -2.20. The third-order valence-electron chi connectivity index (χ3n) is 6.44. The van der Waals surface area contributed by atoms with E-state index in [9.17, 15) is 14.4 Å². The van der Waals surface area contributed by atoms with Crippen LogP contribution in [0.2, 0.25) is 0 Å². The molecular weight excluding hydrogens is 478 g/mol. The summed E-state index contributed by atoms with van der Waals surface area (Å²) in [4.78, 5) is 45.5. The Balaban J connectivity index is 1.19. The first-order valence-corrected chi connectivity index (χ1v) is 12.2. The van der Waals surface area contributed by atoms with E-state index in [-0.39, 0.29) is 19.0 Å². The Bertz CT molecular complexity index is 1570. The van der Waals surface area contributed by atoms with Gasteiger partial charge in [0.25, 0.3) is 5.91 Å². The molecule has 0 saturated heterocycles. The topological polar surface area (TPSA) is 113 Å². The first-order valence-electron chi connectivity index (χ1n) is 12.2. The minimum absolute atomic E-state index is 0.00298. The van der Waals surface area contributed by atoms with Crippen LogP contribution >= 0.6 is 0 Å². The van der Waals surface area contributed by atoms with Crippen molar-refractivity contribution in [3.63, 3.8) is 0 Å². The van der Waals surface area contributed by atoms with E-state index in [1.807, 2.05) is 12.1 Å². The van der Waals surface area contributed by atoms with Crippen LogP contribution in [0.5, 0.6) is 0 Å². The Hall–Kier alpha value is -5.03. The Morgan fingerprint density at radius 2 is 1.55 bits per heavy atom. The summed E-state index contributed by atoms with van der Waals surface area (Å²) < 4.78 is 0. The molecule has 8 nitrogen and oxygen atoms in total. The monoisotopic (exact) mass is 503 g/mol. The summed E-state index contributed by atoms with van der Waals surface area (Å²) >= 11 is 0. The number of carbonyl (C=O) groups is 3. The molecule has 1 aliphatic rings. The van der Waals surface area contributed by atoms with E-state index in [0.717, 1.165) is 29.2 Å². The lowest BCUT2D eigenvalue weighted by atomic mass is 9.99. The van der Waals surface area contributed by atoms with Gasteiger partial charge in [0.15, 0.2) is 0 Å². The van der Waals surface area contributed by atoms with Crippen molar-refractivity contribution in [3.05, 3.63) is 108 Å². The van der Waals surface area contributed by atoms with Crippen LogP contribution in [0.1, 0.15) is 39.9 Å². The van der Waals surface area contributed by atoms with E-state index in [0.29, 0.717) is 16.7 Å². The van der Waals surface area contributed by atoms with Crippen LogP contribution in [-0.2, 0) is 21.7 Å². The summed E-state index contributed by atoms with van der Waals surface area (Å²) in [5.41, 5.74) is 2.36. The molecule has 3 N–H and O–H groups in total. The third-order valence-corrected chi connectivity index (χ3v) is 6.44. The van der Waals surface area contributed by atoms with Gasteiger partial charge in [-0.15, -0.1) is 0 Å². The molecule has 0 radical (unpaired) electrons. The number of carbonyl (C=O) groups excluding carboxylic acids is 3. The van der Waals surface area contributed by atoms with Gasteiger partial charge in [-0.2, -0.15) is 0 Å². The van der Waals surface area contributed by atoms with Crippen LogP contribution in [0.15, 0.2) is 85.5 Å². The molecule has 3 amide bonds. The SMILES string of the molecule is O=C(NCC#Cc1cncnc1)C(=O)NCc1ccccc1C(=O)NC1(c2ccc3ccccc3c2)CC1. The van der Waals surface area contributed by atoms with Gasteiger partial charge in [0.1, 0.15) is 6.33 Å². The third kappa shape index (κ3) is 5.68. The predicted molar refractivity (Wildman–Crippen MR) is 143 cm³/mol. The Morgan fingerprint density at radius 1 is 0.842 bits per heavy atom. The summed E-state index contributed by atoms with van der Waals surface area (Å²) in [7, 11) is 0. The van der Waals surface area contributed by atoms with Gasteiger partial charge in [-0.05, 0) is 46.9 Å². The highest BCUT2D eigenvalue weighted by Gasteiger charge is 2.46. The molecule has 0 bridgehead atoms. The minimum atomic E-state index is -0.807. The number of nitrogens with zero attached hydrogens (tertiary/aromatic N) is 2. The normalized spacial score (nSPS) is 13.1. The van der Waals surface area contributed by atoms with E-state index in [2.05, 4.69) is 68.1 Å². The Morgan fingerprint density at radius 3 is 2.34 bits per heavy atom. The van der Waals surface area contributed by atoms with E-state index in [4.69, 9.17) is 0 Å². The molecule has 38 heavy (non-hydrogen) atoms. The molecule has 1 aliphatic carbocycles. The average Bonchev–Trinajstić information content (AvgIpc) is 3.74. The lowest BCUT2D eigenvalue weighted by molar-refractivity contribution is -0.139. The molecule has 8 heteroatoms. The molecule has 1 fully saturated rings. The van der Waals surface area contributed by atoms with Crippen LogP contribution in [0.4, 0.5) is 0 Å². The first kappa shape index (κ1) is 24.7. The first-order chi connectivity index (χ1) is 18.5. The van der Waals surface area contributed by atoms with Crippen molar-refractivity contribution < 1.29 is 14.4 Å². The highest BCUT2D eigenvalue weighted by molar-refractivity contribution is 6.35. The summed E-state index contributed by atoms with van der Waals surface area (Å²) in [6.07, 6.45) is 6.21. The summed E-state index contributed by atoms with van der Waals surface area (Å²) in [5, 5.41) is 10.5. The maximum absolute atomic E-state index is 13.3. The van der Waals surface area contributed by atoms with Crippen molar-refractivity contribution in [2.75, 3.05) is 6.54 Å². The summed E-state index contributed by atoms with van der Waals surface area (Å²) in [5.74, 6) is 3.71. The number of fused-ring (bicyclic) bond motifs is 1. The second-order valence-electron chi connectivity index (χ2n) is 9.05. The molecule has 0 unspecified atom stereocenters. The van der Waals surface area contributed by atoms with Crippen LogP contribution in [0.3, 0.4) is 0 Å². The van der Waals surface area contributed by atoms with Gasteiger partial charge in [0.2, 0.25) is 0 Å². The molecule has 5 rings (SSSR count). The van der Waals surface area contributed by atoms with Gasteiger partial charge in [-0.25, -0.2) is 9.97 Å². The molecule has 0 aliphatic heterocycles. The number of aromatic nitrogens is 2. The van der Waals surface area contributed by atoms with Gasteiger partial charge in [0.05, 0.1) is 17.6 Å². The standard InChI is InChI=1S/C30H25N5O3/c36-27(35-30(13-14-30)25-12-11-22-7-1-2-8-23(22)16-25)26-10-4-3-9-24(26)19-34-29(38)28(37)33-15-5-6-21-17-31-20-32-18-21/h1-4,7-12,16-18,20H,13-15,19H2,(H,33,37)(H,34,38)(H,35,36). The van der Waals surface area contributed by atoms with Gasteiger partial charge < -0.3 is 16.0 Å². The van der Waals surface area contributed by atoms with Gasteiger partial charge in [0, 0.05) is 24.5 Å². The average molecular weight is 504 g/mol. The fourth-order valence-corrected chi connectivity index (χ4v) is 4.25. The number of benzene rings is 3. The van der Waals surface area contributed by atoms with E-state index in [1.165, 1.54) is 6.33 Å². The minimum Gasteiger partial charge on any atom is -0.344 e. The second kappa shape index (κ2) is 10.9. The van der Waals surface area contributed by atoms with Crippen LogP contribution in [-0.4, -0.2) is 34.2 Å². The fraction of sp³-hybridized carbons (Fsp3) is 0.167. The zero-order valence-electron chi connectivity index (χ0n) is 20.5. The molecule has 1 aromatic heterocycles. The van der Waals surface area contributed by atoms with E-state index < -0.39 is 17.4 Å².